The summed E-state index contributed by atoms with van der Waals surface area (Å²) in [6.45, 7) is 5.81. The van der Waals surface area contributed by atoms with Crippen molar-refractivity contribution >= 4 is 5.91 Å². The fraction of sp³-hybridized carbons (Fsp3) is 0.842. The second-order valence-electron chi connectivity index (χ2n) is 7.30. The van der Waals surface area contributed by atoms with Crippen molar-refractivity contribution in [1.82, 2.24) is 14.7 Å². The SMILES string of the molecule is CN(C(=O)CN(CCC#N)CCN1CCOCC1)C1(C#N)CCCCC1. The minimum atomic E-state index is -0.652. The van der Waals surface area contributed by atoms with Crippen LogP contribution in [-0.2, 0) is 9.53 Å². The zero-order chi connectivity index (χ0) is 18.8. The summed E-state index contributed by atoms with van der Waals surface area (Å²) in [6.07, 6.45) is 5.07. The first-order valence-corrected chi connectivity index (χ1v) is 9.68. The van der Waals surface area contributed by atoms with Gasteiger partial charge in [0.25, 0.3) is 0 Å². The maximum atomic E-state index is 12.8. The van der Waals surface area contributed by atoms with Crippen molar-refractivity contribution < 1.29 is 9.53 Å². The summed E-state index contributed by atoms with van der Waals surface area (Å²) >= 11 is 0. The summed E-state index contributed by atoms with van der Waals surface area (Å²) in [5, 5.41) is 18.6. The first-order valence-electron chi connectivity index (χ1n) is 9.68. The molecule has 2 fully saturated rings. The summed E-state index contributed by atoms with van der Waals surface area (Å²) in [5.74, 6) is -0.0200. The Bertz CT molecular complexity index is 527. The normalized spacial score (nSPS) is 20.3. The van der Waals surface area contributed by atoms with Gasteiger partial charge in [0.15, 0.2) is 0 Å². The van der Waals surface area contributed by atoms with Crippen LogP contribution in [0.25, 0.3) is 0 Å². The van der Waals surface area contributed by atoms with Crippen molar-refractivity contribution in [1.29, 1.82) is 10.5 Å². The molecule has 0 aromatic rings. The van der Waals surface area contributed by atoms with Crippen LogP contribution in [0.15, 0.2) is 0 Å². The molecule has 1 aliphatic heterocycles. The molecule has 0 aromatic carbocycles. The van der Waals surface area contributed by atoms with Crippen LogP contribution in [-0.4, -0.2) is 85.7 Å². The van der Waals surface area contributed by atoms with E-state index in [1.807, 2.05) is 4.90 Å². The van der Waals surface area contributed by atoms with E-state index in [-0.39, 0.29) is 12.5 Å². The molecule has 1 heterocycles. The molecular weight excluding hydrogens is 330 g/mol. The number of likely N-dealkylation sites (N-methyl/N-ethyl adjacent to an activating group) is 1. The summed E-state index contributed by atoms with van der Waals surface area (Å²) < 4.78 is 5.37. The van der Waals surface area contributed by atoms with Crippen LogP contribution in [0.3, 0.4) is 0 Å². The fourth-order valence-electron chi connectivity index (χ4n) is 3.78. The minimum absolute atomic E-state index is 0.0200. The number of morpholine rings is 1. The van der Waals surface area contributed by atoms with Gasteiger partial charge in [0.05, 0.1) is 31.9 Å². The van der Waals surface area contributed by atoms with Crippen LogP contribution in [0, 0.1) is 22.7 Å². The number of hydrogen-bond donors (Lipinski definition) is 0. The highest BCUT2D eigenvalue weighted by Crippen LogP contribution is 2.32. The maximum Gasteiger partial charge on any atom is 0.237 e. The van der Waals surface area contributed by atoms with E-state index in [0.717, 1.165) is 71.5 Å². The number of carbonyl (C=O) groups is 1. The second-order valence-corrected chi connectivity index (χ2v) is 7.30. The number of nitriles is 2. The van der Waals surface area contributed by atoms with E-state index in [1.54, 1.807) is 11.9 Å². The Morgan fingerprint density at radius 3 is 2.46 bits per heavy atom. The Morgan fingerprint density at radius 2 is 1.85 bits per heavy atom. The van der Waals surface area contributed by atoms with Crippen molar-refractivity contribution in [3.8, 4) is 12.1 Å². The number of carbonyl (C=O) groups excluding carboxylic acids is 1. The Kier molecular flexibility index (Phi) is 8.31. The summed E-state index contributed by atoms with van der Waals surface area (Å²) in [5.41, 5.74) is -0.652. The standard InChI is InChI=1S/C19H31N5O2/c1-22(19(17-21)6-3-2-4-7-19)18(25)16-24(9-5-8-20)11-10-23-12-14-26-15-13-23/h2-7,9-16H2,1H3. The van der Waals surface area contributed by atoms with Gasteiger partial charge in [-0.25, -0.2) is 0 Å². The van der Waals surface area contributed by atoms with Crippen LogP contribution in [0.5, 0.6) is 0 Å². The van der Waals surface area contributed by atoms with Crippen molar-refractivity contribution in [3.63, 3.8) is 0 Å². The third-order valence-electron chi connectivity index (χ3n) is 5.64. The number of amides is 1. The van der Waals surface area contributed by atoms with E-state index in [0.29, 0.717) is 13.0 Å². The molecule has 0 unspecified atom stereocenters. The average Bonchev–Trinajstić information content (AvgIpc) is 2.70. The molecular formula is C19H31N5O2. The Morgan fingerprint density at radius 1 is 1.15 bits per heavy atom. The molecule has 0 atom stereocenters. The highest BCUT2D eigenvalue weighted by Gasteiger charge is 2.39. The Hall–Kier alpha value is -1.67. The van der Waals surface area contributed by atoms with Gasteiger partial charge in [-0.2, -0.15) is 10.5 Å². The van der Waals surface area contributed by atoms with Crippen LogP contribution in [0.2, 0.25) is 0 Å². The molecule has 1 saturated heterocycles. The lowest BCUT2D eigenvalue weighted by Crippen LogP contribution is -2.53. The smallest absolute Gasteiger partial charge is 0.237 e. The van der Waals surface area contributed by atoms with Crippen LogP contribution in [0.4, 0.5) is 0 Å². The third kappa shape index (κ3) is 5.67. The van der Waals surface area contributed by atoms with Crippen LogP contribution >= 0.6 is 0 Å². The fourth-order valence-corrected chi connectivity index (χ4v) is 3.78. The number of nitrogens with zero attached hydrogens (tertiary/aromatic N) is 5. The molecule has 1 saturated carbocycles. The molecule has 0 bridgehead atoms. The van der Waals surface area contributed by atoms with Gasteiger partial charge in [-0.05, 0) is 12.8 Å². The first kappa shape index (κ1) is 20.6. The van der Waals surface area contributed by atoms with Crippen LogP contribution in [0.1, 0.15) is 38.5 Å². The summed E-state index contributed by atoms with van der Waals surface area (Å²) in [7, 11) is 1.77. The molecule has 0 radical (unpaired) electrons. The van der Waals surface area contributed by atoms with Gasteiger partial charge in [-0.1, -0.05) is 19.3 Å². The van der Waals surface area contributed by atoms with E-state index in [2.05, 4.69) is 17.0 Å². The van der Waals surface area contributed by atoms with Crippen molar-refractivity contribution in [2.45, 2.75) is 44.1 Å². The number of ether oxygens (including phenoxy) is 1. The highest BCUT2D eigenvalue weighted by atomic mass is 16.5. The van der Waals surface area contributed by atoms with Gasteiger partial charge < -0.3 is 9.64 Å². The van der Waals surface area contributed by atoms with E-state index >= 15 is 0 Å². The quantitative estimate of drug-likeness (QED) is 0.646. The second kappa shape index (κ2) is 10.5. The molecule has 1 amide bonds. The number of hydrogen-bond acceptors (Lipinski definition) is 6. The largest absolute Gasteiger partial charge is 0.379 e. The molecule has 7 heteroatoms. The van der Waals surface area contributed by atoms with Gasteiger partial charge in [-0.3, -0.25) is 14.6 Å². The van der Waals surface area contributed by atoms with Gasteiger partial charge in [0, 0.05) is 46.2 Å². The molecule has 2 rings (SSSR count). The molecule has 0 aromatic heterocycles. The molecule has 2 aliphatic rings. The zero-order valence-electron chi connectivity index (χ0n) is 16.0. The van der Waals surface area contributed by atoms with Crippen LogP contribution < -0.4 is 0 Å². The lowest BCUT2D eigenvalue weighted by molar-refractivity contribution is -0.136. The van der Waals surface area contributed by atoms with Gasteiger partial charge in [-0.15, -0.1) is 0 Å². The van der Waals surface area contributed by atoms with E-state index in [1.165, 1.54) is 0 Å². The lowest BCUT2D eigenvalue weighted by Gasteiger charge is -2.40. The van der Waals surface area contributed by atoms with Gasteiger partial charge in [0.1, 0.15) is 5.54 Å². The van der Waals surface area contributed by atoms with E-state index in [4.69, 9.17) is 10.00 Å². The van der Waals surface area contributed by atoms with Gasteiger partial charge in [0.2, 0.25) is 5.91 Å². The monoisotopic (exact) mass is 361 g/mol. The topological polar surface area (TPSA) is 83.6 Å². The van der Waals surface area contributed by atoms with E-state index in [9.17, 15) is 10.1 Å². The molecule has 26 heavy (non-hydrogen) atoms. The summed E-state index contributed by atoms with van der Waals surface area (Å²) in [4.78, 5) is 18.9. The molecule has 7 nitrogen and oxygen atoms in total. The maximum absolute atomic E-state index is 12.8. The van der Waals surface area contributed by atoms with Crippen molar-refractivity contribution in [3.05, 3.63) is 0 Å². The Balaban J connectivity index is 1.91. The third-order valence-corrected chi connectivity index (χ3v) is 5.64. The van der Waals surface area contributed by atoms with Gasteiger partial charge >= 0.3 is 0 Å². The highest BCUT2D eigenvalue weighted by molar-refractivity contribution is 5.79. The lowest BCUT2D eigenvalue weighted by atomic mass is 9.81. The van der Waals surface area contributed by atoms with Crippen molar-refractivity contribution in [2.75, 3.05) is 59.5 Å². The van der Waals surface area contributed by atoms with Crippen molar-refractivity contribution in [2.24, 2.45) is 0 Å². The zero-order valence-corrected chi connectivity index (χ0v) is 16.0. The predicted molar refractivity (Wildman–Crippen MR) is 98.1 cm³/mol. The summed E-state index contributed by atoms with van der Waals surface area (Å²) in [6, 6.07) is 4.58. The predicted octanol–water partition coefficient (Wildman–Crippen LogP) is 1.22. The number of rotatable bonds is 8. The molecule has 0 spiro atoms. The molecule has 0 N–H and O–H groups in total. The average molecular weight is 361 g/mol. The molecule has 1 aliphatic carbocycles. The Labute approximate surface area is 157 Å². The minimum Gasteiger partial charge on any atom is -0.379 e. The first-order chi connectivity index (χ1) is 12.6. The molecule has 144 valence electrons. The van der Waals surface area contributed by atoms with E-state index < -0.39 is 5.54 Å².